The third kappa shape index (κ3) is 5.19. The predicted molar refractivity (Wildman–Crippen MR) is 87.8 cm³/mol. The molecule has 2 heteroatoms. The van der Waals surface area contributed by atoms with Crippen LogP contribution in [0.3, 0.4) is 0 Å². The van der Waals surface area contributed by atoms with E-state index in [1.165, 1.54) is 0 Å². The Balaban J connectivity index is 2.20. The second kappa shape index (κ2) is 7.34. The quantitative estimate of drug-likeness (QED) is 0.625. The van der Waals surface area contributed by atoms with Gasteiger partial charge in [-0.2, -0.15) is 0 Å². The Labute approximate surface area is 126 Å². The summed E-state index contributed by atoms with van der Waals surface area (Å²) in [6, 6.07) is 17.1. The van der Waals surface area contributed by atoms with Crippen LogP contribution in [0.2, 0.25) is 0 Å². The summed E-state index contributed by atoms with van der Waals surface area (Å²) < 4.78 is 5.82. The fourth-order valence-electron chi connectivity index (χ4n) is 1.87. The topological polar surface area (TPSA) is 29.5 Å². The summed E-state index contributed by atoms with van der Waals surface area (Å²) in [7, 11) is 0. The molecule has 2 aromatic rings. The minimum atomic E-state index is 0.115. The molecule has 0 unspecified atom stereocenters. The molecule has 21 heavy (non-hydrogen) atoms. The highest BCUT2D eigenvalue weighted by atomic mass is 16.5. The zero-order chi connectivity index (χ0) is 15.1. The Hall–Kier alpha value is -2.48. The average Bonchev–Trinajstić information content (AvgIpc) is 2.47. The van der Waals surface area contributed by atoms with Crippen LogP contribution in [0, 0.1) is 0 Å². The zero-order valence-corrected chi connectivity index (χ0v) is 12.4. The molecule has 0 saturated carbocycles. The van der Waals surface area contributed by atoms with Crippen molar-refractivity contribution >= 4 is 12.2 Å². The lowest BCUT2D eigenvalue weighted by Crippen LogP contribution is -2.00. The molecule has 2 rings (SSSR count). The van der Waals surface area contributed by atoms with E-state index in [0.717, 1.165) is 16.9 Å². The van der Waals surface area contributed by atoms with E-state index in [-0.39, 0.29) is 11.9 Å². The molecular formula is C19H20O2. The predicted octanol–water partition coefficient (Wildman–Crippen LogP) is 4.87. The molecule has 2 nitrogen and oxygen atoms in total. The first-order valence-corrected chi connectivity index (χ1v) is 7.04. The molecule has 2 aromatic carbocycles. The van der Waals surface area contributed by atoms with E-state index >= 15 is 0 Å². The lowest BCUT2D eigenvalue weighted by atomic mass is 10.1. The van der Waals surface area contributed by atoms with Crippen LogP contribution in [-0.2, 0) is 4.74 Å². The monoisotopic (exact) mass is 280 g/mol. The number of hydrogen-bond donors (Lipinski definition) is 1. The van der Waals surface area contributed by atoms with Crippen LogP contribution in [0.5, 0.6) is 5.75 Å². The van der Waals surface area contributed by atoms with E-state index in [1.54, 1.807) is 12.1 Å². The summed E-state index contributed by atoms with van der Waals surface area (Å²) in [6.07, 6.45) is 6.04. The van der Waals surface area contributed by atoms with Crippen LogP contribution >= 0.6 is 0 Å². The van der Waals surface area contributed by atoms with Crippen molar-refractivity contribution in [1.82, 2.24) is 0 Å². The Kier molecular flexibility index (Phi) is 5.22. The van der Waals surface area contributed by atoms with E-state index < -0.39 is 0 Å². The van der Waals surface area contributed by atoms with Gasteiger partial charge < -0.3 is 9.84 Å². The molecular weight excluding hydrogens is 260 g/mol. The van der Waals surface area contributed by atoms with E-state index in [0.29, 0.717) is 0 Å². The van der Waals surface area contributed by atoms with Crippen LogP contribution in [0.1, 0.15) is 25.0 Å². The molecule has 0 saturated heterocycles. The first kappa shape index (κ1) is 14.9. The van der Waals surface area contributed by atoms with Gasteiger partial charge in [-0.3, -0.25) is 0 Å². The van der Waals surface area contributed by atoms with Gasteiger partial charge in [-0.05, 0) is 49.3 Å². The largest absolute Gasteiger partial charge is 0.508 e. The first-order valence-electron chi connectivity index (χ1n) is 7.04. The van der Waals surface area contributed by atoms with Crippen LogP contribution in [0.15, 0.2) is 66.4 Å². The van der Waals surface area contributed by atoms with Gasteiger partial charge in [-0.15, -0.1) is 0 Å². The van der Waals surface area contributed by atoms with Gasteiger partial charge in [0.1, 0.15) is 11.5 Å². The number of allylic oxidation sites excluding steroid dienone is 1. The van der Waals surface area contributed by atoms with E-state index in [4.69, 9.17) is 4.74 Å². The van der Waals surface area contributed by atoms with Crippen LogP contribution in [-0.4, -0.2) is 11.2 Å². The molecule has 0 atom stereocenters. The molecule has 0 amide bonds. The minimum Gasteiger partial charge on any atom is -0.508 e. The van der Waals surface area contributed by atoms with Gasteiger partial charge in [-0.1, -0.05) is 48.5 Å². The normalized spacial score (nSPS) is 12.0. The van der Waals surface area contributed by atoms with Crippen molar-refractivity contribution in [2.45, 2.75) is 20.0 Å². The third-order valence-corrected chi connectivity index (χ3v) is 2.81. The summed E-state index contributed by atoms with van der Waals surface area (Å²) in [5.74, 6) is 1.08. The van der Waals surface area contributed by atoms with Crippen LogP contribution < -0.4 is 0 Å². The highest BCUT2D eigenvalue weighted by Gasteiger charge is 1.99. The van der Waals surface area contributed by atoms with Crippen molar-refractivity contribution in [2.75, 3.05) is 0 Å². The molecule has 0 radical (unpaired) electrons. The summed E-state index contributed by atoms with van der Waals surface area (Å²) in [6.45, 7) is 4.01. The fourth-order valence-corrected chi connectivity index (χ4v) is 1.87. The molecule has 0 aliphatic heterocycles. The van der Waals surface area contributed by atoms with Gasteiger partial charge in [0, 0.05) is 0 Å². The van der Waals surface area contributed by atoms with Crippen molar-refractivity contribution in [3.8, 4) is 5.75 Å². The van der Waals surface area contributed by atoms with Gasteiger partial charge in [0.2, 0.25) is 0 Å². The van der Waals surface area contributed by atoms with Crippen molar-refractivity contribution in [1.29, 1.82) is 0 Å². The maximum atomic E-state index is 9.29. The number of phenolic OH excluding ortho intramolecular Hbond substituents is 1. The van der Waals surface area contributed by atoms with Gasteiger partial charge in [0.05, 0.1) is 6.10 Å². The zero-order valence-electron chi connectivity index (χ0n) is 12.4. The highest BCUT2D eigenvalue weighted by molar-refractivity contribution is 5.60. The number of aromatic hydroxyl groups is 1. The Morgan fingerprint density at radius 1 is 0.952 bits per heavy atom. The van der Waals surface area contributed by atoms with E-state index in [1.807, 2.05) is 74.5 Å². The second-order valence-electron chi connectivity index (χ2n) is 5.05. The molecule has 0 aliphatic rings. The van der Waals surface area contributed by atoms with Crippen molar-refractivity contribution < 1.29 is 9.84 Å². The average molecular weight is 280 g/mol. The first-order chi connectivity index (χ1) is 10.1. The van der Waals surface area contributed by atoms with Crippen molar-refractivity contribution in [3.63, 3.8) is 0 Å². The molecule has 0 aliphatic carbocycles. The Morgan fingerprint density at radius 2 is 1.62 bits per heavy atom. The number of ether oxygens (including phenoxy) is 1. The molecule has 0 aromatic heterocycles. The Bertz CT molecular complexity index is 608. The van der Waals surface area contributed by atoms with Crippen LogP contribution in [0.4, 0.5) is 0 Å². The summed E-state index contributed by atoms with van der Waals surface area (Å²) in [4.78, 5) is 0. The Morgan fingerprint density at radius 3 is 2.24 bits per heavy atom. The highest BCUT2D eigenvalue weighted by Crippen LogP contribution is 2.15. The third-order valence-electron chi connectivity index (χ3n) is 2.81. The van der Waals surface area contributed by atoms with Gasteiger partial charge in [0.15, 0.2) is 0 Å². The molecule has 108 valence electrons. The summed E-state index contributed by atoms with van der Waals surface area (Å²) in [5.41, 5.74) is 2.11. The molecule has 0 bridgehead atoms. The van der Waals surface area contributed by atoms with E-state index in [9.17, 15) is 5.11 Å². The maximum Gasteiger partial charge on any atom is 0.120 e. The van der Waals surface area contributed by atoms with Gasteiger partial charge in [-0.25, -0.2) is 0 Å². The number of hydrogen-bond acceptors (Lipinski definition) is 2. The number of rotatable bonds is 5. The van der Waals surface area contributed by atoms with E-state index in [2.05, 4.69) is 0 Å². The lowest BCUT2D eigenvalue weighted by Gasteiger charge is -2.10. The van der Waals surface area contributed by atoms with Gasteiger partial charge >= 0.3 is 0 Å². The molecule has 0 spiro atoms. The molecule has 0 heterocycles. The molecule has 0 fully saturated rings. The number of phenols is 1. The van der Waals surface area contributed by atoms with Gasteiger partial charge in [0.25, 0.3) is 0 Å². The van der Waals surface area contributed by atoms with Crippen molar-refractivity contribution in [3.05, 3.63) is 77.6 Å². The smallest absolute Gasteiger partial charge is 0.120 e. The second-order valence-corrected chi connectivity index (χ2v) is 5.05. The van der Waals surface area contributed by atoms with Crippen LogP contribution in [0.25, 0.3) is 12.2 Å². The number of benzene rings is 2. The fraction of sp³-hybridized carbons (Fsp3) is 0.158. The summed E-state index contributed by atoms with van der Waals surface area (Å²) in [5, 5.41) is 9.29. The molecule has 1 N–H and O–H groups in total. The standard InChI is InChI=1S/C19H20O2/c1-15(2)21-19(14-17-6-4-3-5-7-17)13-10-16-8-11-18(20)12-9-16/h3-15,20H,1-2H3. The maximum absolute atomic E-state index is 9.29. The minimum absolute atomic E-state index is 0.115. The lowest BCUT2D eigenvalue weighted by molar-refractivity contribution is 0.160. The SMILES string of the molecule is CC(C)OC(C=Cc1ccc(O)cc1)=Cc1ccccc1. The van der Waals surface area contributed by atoms with Crippen molar-refractivity contribution in [2.24, 2.45) is 0 Å². The summed E-state index contributed by atoms with van der Waals surface area (Å²) >= 11 is 0.